The van der Waals surface area contributed by atoms with Crippen LogP contribution in [0.1, 0.15) is 17.9 Å². The van der Waals surface area contributed by atoms with Crippen molar-refractivity contribution in [3.63, 3.8) is 0 Å². The first-order chi connectivity index (χ1) is 6.77. The molecule has 0 spiro atoms. The molecule has 0 amide bonds. The number of nitrogens with two attached hydrogens (primary N) is 1. The average Bonchev–Trinajstić information content (AvgIpc) is 2.21. The van der Waals surface area contributed by atoms with Crippen LogP contribution in [0.25, 0.3) is 0 Å². The Morgan fingerprint density at radius 3 is 2.50 bits per heavy atom. The summed E-state index contributed by atoms with van der Waals surface area (Å²) in [4.78, 5) is 0. The van der Waals surface area contributed by atoms with Gasteiger partial charge in [0.1, 0.15) is 0 Å². The van der Waals surface area contributed by atoms with E-state index in [9.17, 15) is 0 Å². The van der Waals surface area contributed by atoms with Gasteiger partial charge in [-0.1, -0.05) is 23.7 Å². The van der Waals surface area contributed by atoms with Crippen molar-refractivity contribution in [1.29, 1.82) is 0 Å². The number of hydrogen-bond donors (Lipinski definition) is 1. The highest BCUT2D eigenvalue weighted by atomic mass is 35.5. The third-order valence-corrected chi connectivity index (χ3v) is 2.55. The van der Waals surface area contributed by atoms with E-state index in [-0.39, 0.29) is 0 Å². The first-order valence-electron chi connectivity index (χ1n) is 4.72. The molecule has 2 N–H and O–H groups in total. The maximum atomic E-state index is 5.81. The molecule has 1 aromatic rings. The van der Waals surface area contributed by atoms with Gasteiger partial charge in [-0.15, -0.1) is 0 Å². The van der Waals surface area contributed by atoms with E-state index >= 15 is 0 Å². The second kappa shape index (κ2) is 6.02. The molecule has 1 atom stereocenters. The maximum absolute atomic E-state index is 5.81. The third kappa shape index (κ3) is 3.29. The van der Waals surface area contributed by atoms with Gasteiger partial charge in [-0.25, -0.2) is 0 Å². The number of rotatable bonds is 5. The maximum Gasteiger partial charge on any atom is 0.0468 e. The van der Waals surface area contributed by atoms with Crippen LogP contribution < -0.4 is 5.73 Å². The molecule has 0 radical (unpaired) electrons. The molecule has 0 saturated heterocycles. The van der Waals surface area contributed by atoms with Crippen molar-refractivity contribution < 1.29 is 4.74 Å². The molecule has 0 aliphatic rings. The van der Waals surface area contributed by atoms with Gasteiger partial charge in [-0.05, 0) is 36.6 Å². The second-order valence-corrected chi connectivity index (χ2v) is 3.70. The fourth-order valence-electron chi connectivity index (χ4n) is 1.42. The summed E-state index contributed by atoms with van der Waals surface area (Å²) in [5.41, 5.74) is 6.93. The van der Waals surface area contributed by atoms with Gasteiger partial charge in [-0.3, -0.25) is 0 Å². The summed E-state index contributed by atoms with van der Waals surface area (Å²) in [5, 5.41) is 0.760. The minimum absolute atomic E-state index is 0.368. The van der Waals surface area contributed by atoms with Crippen molar-refractivity contribution in [1.82, 2.24) is 0 Å². The van der Waals surface area contributed by atoms with Gasteiger partial charge in [0.15, 0.2) is 0 Å². The van der Waals surface area contributed by atoms with Gasteiger partial charge < -0.3 is 10.5 Å². The fraction of sp³-hybridized carbons (Fsp3) is 0.455. The highest BCUT2D eigenvalue weighted by Crippen LogP contribution is 2.20. The summed E-state index contributed by atoms with van der Waals surface area (Å²) < 4.78 is 5.04. The molecule has 0 heterocycles. The van der Waals surface area contributed by atoms with Crippen LogP contribution in [-0.4, -0.2) is 20.3 Å². The largest absolute Gasteiger partial charge is 0.385 e. The number of benzene rings is 1. The zero-order chi connectivity index (χ0) is 10.4. The Hall–Kier alpha value is -0.570. The van der Waals surface area contributed by atoms with Crippen molar-refractivity contribution in [2.45, 2.75) is 12.3 Å². The molecule has 78 valence electrons. The smallest absolute Gasteiger partial charge is 0.0468 e. The van der Waals surface area contributed by atoms with Crippen molar-refractivity contribution in [2.75, 3.05) is 20.3 Å². The van der Waals surface area contributed by atoms with Crippen LogP contribution in [0.2, 0.25) is 5.02 Å². The molecule has 1 unspecified atom stereocenters. The SMILES string of the molecule is COCCC(CN)c1ccc(Cl)cc1. The Kier molecular flexibility index (Phi) is 4.94. The highest BCUT2D eigenvalue weighted by molar-refractivity contribution is 6.30. The summed E-state index contributed by atoms with van der Waals surface area (Å²) in [6, 6.07) is 7.84. The van der Waals surface area contributed by atoms with Crippen molar-refractivity contribution in [3.8, 4) is 0 Å². The lowest BCUT2D eigenvalue weighted by atomic mass is 9.96. The van der Waals surface area contributed by atoms with Gasteiger partial charge in [0.05, 0.1) is 0 Å². The second-order valence-electron chi connectivity index (χ2n) is 3.27. The first-order valence-corrected chi connectivity index (χ1v) is 5.10. The molecule has 0 aromatic heterocycles. The van der Waals surface area contributed by atoms with E-state index in [4.69, 9.17) is 22.1 Å². The average molecular weight is 214 g/mol. The normalized spacial score (nSPS) is 12.8. The minimum Gasteiger partial charge on any atom is -0.385 e. The summed E-state index contributed by atoms with van der Waals surface area (Å²) in [7, 11) is 1.70. The molecule has 0 aliphatic carbocycles. The Bertz CT molecular complexity index is 260. The van der Waals surface area contributed by atoms with Gasteiger partial charge in [-0.2, -0.15) is 0 Å². The molecule has 0 saturated carbocycles. The van der Waals surface area contributed by atoms with Crippen LogP contribution in [0.5, 0.6) is 0 Å². The Morgan fingerprint density at radius 1 is 1.36 bits per heavy atom. The van der Waals surface area contributed by atoms with Gasteiger partial charge in [0.2, 0.25) is 0 Å². The lowest BCUT2D eigenvalue weighted by molar-refractivity contribution is 0.188. The molecular weight excluding hydrogens is 198 g/mol. The minimum atomic E-state index is 0.368. The van der Waals surface area contributed by atoms with Crippen molar-refractivity contribution in [3.05, 3.63) is 34.9 Å². The summed E-state index contributed by atoms with van der Waals surface area (Å²) in [6.45, 7) is 1.38. The molecule has 1 rings (SSSR count). The number of methoxy groups -OCH3 is 1. The first kappa shape index (κ1) is 11.5. The number of hydrogen-bond acceptors (Lipinski definition) is 2. The van der Waals surface area contributed by atoms with Gasteiger partial charge in [0, 0.05) is 18.7 Å². The molecule has 0 bridgehead atoms. The van der Waals surface area contributed by atoms with Crippen LogP contribution in [0.3, 0.4) is 0 Å². The Labute approximate surface area is 90.0 Å². The standard InChI is InChI=1S/C11H16ClNO/c1-14-7-6-10(8-13)9-2-4-11(12)5-3-9/h2-5,10H,6-8,13H2,1H3. The molecule has 1 aromatic carbocycles. The number of halogens is 1. The molecule has 0 fully saturated rings. The van der Waals surface area contributed by atoms with Gasteiger partial charge >= 0.3 is 0 Å². The molecular formula is C11H16ClNO. The Balaban J connectivity index is 2.64. The molecule has 2 nitrogen and oxygen atoms in total. The van der Waals surface area contributed by atoms with E-state index in [1.165, 1.54) is 5.56 Å². The van der Waals surface area contributed by atoms with E-state index in [2.05, 4.69) is 0 Å². The van der Waals surface area contributed by atoms with E-state index in [1.807, 2.05) is 24.3 Å². The van der Waals surface area contributed by atoms with Crippen LogP contribution in [0.15, 0.2) is 24.3 Å². The summed E-state index contributed by atoms with van der Waals surface area (Å²) in [5.74, 6) is 0.368. The predicted molar refractivity (Wildman–Crippen MR) is 59.7 cm³/mol. The zero-order valence-electron chi connectivity index (χ0n) is 8.37. The molecule has 0 aliphatic heterocycles. The van der Waals surface area contributed by atoms with Crippen molar-refractivity contribution in [2.24, 2.45) is 5.73 Å². The van der Waals surface area contributed by atoms with Crippen LogP contribution >= 0.6 is 11.6 Å². The third-order valence-electron chi connectivity index (χ3n) is 2.30. The zero-order valence-corrected chi connectivity index (χ0v) is 9.13. The lowest BCUT2D eigenvalue weighted by Crippen LogP contribution is -2.14. The topological polar surface area (TPSA) is 35.2 Å². The molecule has 14 heavy (non-hydrogen) atoms. The fourth-order valence-corrected chi connectivity index (χ4v) is 1.54. The lowest BCUT2D eigenvalue weighted by Gasteiger charge is -2.14. The Morgan fingerprint density at radius 2 is 2.00 bits per heavy atom. The number of ether oxygens (including phenoxy) is 1. The monoisotopic (exact) mass is 213 g/mol. The van der Waals surface area contributed by atoms with E-state index < -0.39 is 0 Å². The summed E-state index contributed by atoms with van der Waals surface area (Å²) in [6.07, 6.45) is 0.953. The predicted octanol–water partition coefficient (Wildman–Crippen LogP) is 2.42. The molecule has 3 heteroatoms. The highest BCUT2D eigenvalue weighted by Gasteiger charge is 2.08. The van der Waals surface area contributed by atoms with Crippen LogP contribution in [0, 0.1) is 0 Å². The van der Waals surface area contributed by atoms with Crippen LogP contribution in [0.4, 0.5) is 0 Å². The van der Waals surface area contributed by atoms with E-state index in [0.717, 1.165) is 18.1 Å². The quantitative estimate of drug-likeness (QED) is 0.816. The van der Waals surface area contributed by atoms with Crippen LogP contribution in [-0.2, 0) is 4.74 Å². The van der Waals surface area contributed by atoms with Crippen molar-refractivity contribution >= 4 is 11.6 Å². The van der Waals surface area contributed by atoms with Gasteiger partial charge in [0.25, 0.3) is 0 Å². The van der Waals surface area contributed by atoms with E-state index in [1.54, 1.807) is 7.11 Å². The summed E-state index contributed by atoms with van der Waals surface area (Å²) >= 11 is 5.81. The van der Waals surface area contributed by atoms with E-state index in [0.29, 0.717) is 12.5 Å².